The van der Waals surface area contributed by atoms with Gasteiger partial charge in [0.25, 0.3) is 0 Å². The molecule has 1 atom stereocenters. The van der Waals surface area contributed by atoms with Gasteiger partial charge in [0, 0.05) is 6.42 Å². The Morgan fingerprint density at radius 3 is 2.90 bits per heavy atom. The van der Waals surface area contributed by atoms with E-state index in [4.69, 9.17) is 5.26 Å². The lowest BCUT2D eigenvalue weighted by atomic mass is 10.2. The Hall–Kier alpha value is -1.37. The summed E-state index contributed by atoms with van der Waals surface area (Å²) in [5.74, 6) is -0.0429. The molecule has 4 nitrogen and oxygen atoms in total. The fraction of sp³-hybridized carbons (Fsp3) is 0.500. The molecular weight excluding hydrogens is 132 g/mol. The van der Waals surface area contributed by atoms with Gasteiger partial charge in [0.1, 0.15) is 12.3 Å². The SMILES string of the molecule is N#CN1CC(=O)CC1C=O. The zero-order valence-corrected chi connectivity index (χ0v) is 5.28. The third-order valence-electron chi connectivity index (χ3n) is 1.47. The van der Waals surface area contributed by atoms with Crippen molar-refractivity contribution in [2.45, 2.75) is 12.5 Å². The topological polar surface area (TPSA) is 61.2 Å². The molecule has 0 aromatic carbocycles. The molecule has 0 spiro atoms. The minimum Gasteiger partial charge on any atom is -0.301 e. The Kier molecular flexibility index (Phi) is 1.67. The zero-order valence-electron chi connectivity index (χ0n) is 5.28. The van der Waals surface area contributed by atoms with Gasteiger partial charge in [0.15, 0.2) is 12.0 Å². The number of nitrogens with zero attached hydrogens (tertiary/aromatic N) is 2. The lowest BCUT2D eigenvalue weighted by Gasteiger charge is -2.08. The maximum Gasteiger partial charge on any atom is 0.180 e. The molecule has 0 saturated carbocycles. The average Bonchev–Trinajstić information content (AvgIpc) is 2.30. The third-order valence-corrected chi connectivity index (χ3v) is 1.47. The van der Waals surface area contributed by atoms with Crippen molar-refractivity contribution in [1.29, 1.82) is 5.26 Å². The van der Waals surface area contributed by atoms with Gasteiger partial charge in [-0.25, -0.2) is 0 Å². The second kappa shape index (κ2) is 2.48. The highest BCUT2D eigenvalue weighted by atomic mass is 16.1. The molecule has 1 aliphatic rings. The first-order valence-corrected chi connectivity index (χ1v) is 2.91. The van der Waals surface area contributed by atoms with E-state index >= 15 is 0 Å². The van der Waals surface area contributed by atoms with Crippen LogP contribution in [0.15, 0.2) is 0 Å². The molecule has 1 heterocycles. The average molecular weight is 138 g/mol. The van der Waals surface area contributed by atoms with Crippen LogP contribution in [0, 0.1) is 11.5 Å². The first kappa shape index (κ1) is 6.75. The van der Waals surface area contributed by atoms with Crippen LogP contribution in [-0.2, 0) is 9.59 Å². The third kappa shape index (κ3) is 0.982. The molecule has 0 aliphatic carbocycles. The number of carbonyl (C=O) groups is 2. The normalized spacial score (nSPS) is 24.5. The van der Waals surface area contributed by atoms with Gasteiger partial charge in [-0.3, -0.25) is 9.69 Å². The summed E-state index contributed by atoms with van der Waals surface area (Å²) in [7, 11) is 0. The molecule has 0 N–H and O–H groups in total. The molecule has 1 rings (SSSR count). The highest BCUT2D eigenvalue weighted by Gasteiger charge is 2.28. The number of rotatable bonds is 1. The Morgan fingerprint density at radius 1 is 1.80 bits per heavy atom. The molecule has 4 heteroatoms. The van der Waals surface area contributed by atoms with Crippen LogP contribution < -0.4 is 0 Å². The molecule has 52 valence electrons. The minimum absolute atomic E-state index is 0.0429. The molecule has 1 saturated heterocycles. The van der Waals surface area contributed by atoms with E-state index < -0.39 is 6.04 Å². The lowest BCUT2D eigenvalue weighted by molar-refractivity contribution is -0.117. The highest BCUT2D eigenvalue weighted by Crippen LogP contribution is 2.09. The number of Topliss-reactive ketones (excluding diaryl/α,β-unsaturated/α-hetero) is 1. The number of hydrogen-bond acceptors (Lipinski definition) is 4. The fourth-order valence-electron chi connectivity index (χ4n) is 0.946. The van der Waals surface area contributed by atoms with Gasteiger partial charge in [0.05, 0.1) is 6.54 Å². The zero-order chi connectivity index (χ0) is 7.56. The van der Waals surface area contributed by atoms with Crippen molar-refractivity contribution in [2.24, 2.45) is 0 Å². The van der Waals surface area contributed by atoms with Crippen LogP contribution in [0.1, 0.15) is 6.42 Å². The molecule has 0 aromatic rings. The number of carbonyl (C=O) groups excluding carboxylic acids is 2. The van der Waals surface area contributed by atoms with Crippen molar-refractivity contribution >= 4 is 12.1 Å². The van der Waals surface area contributed by atoms with Gasteiger partial charge in [-0.2, -0.15) is 5.26 Å². The summed E-state index contributed by atoms with van der Waals surface area (Å²) in [4.78, 5) is 22.0. The molecule has 1 aliphatic heterocycles. The monoisotopic (exact) mass is 138 g/mol. The van der Waals surface area contributed by atoms with E-state index in [2.05, 4.69) is 0 Å². The molecule has 0 radical (unpaired) electrons. The largest absolute Gasteiger partial charge is 0.301 e. The summed E-state index contributed by atoms with van der Waals surface area (Å²) in [6.07, 6.45) is 2.60. The van der Waals surface area contributed by atoms with Crippen LogP contribution in [0.5, 0.6) is 0 Å². The van der Waals surface area contributed by atoms with E-state index in [1.54, 1.807) is 6.19 Å². The Balaban J connectivity index is 2.68. The lowest BCUT2D eigenvalue weighted by Crippen LogP contribution is -2.25. The highest BCUT2D eigenvalue weighted by molar-refractivity contribution is 5.87. The first-order valence-electron chi connectivity index (χ1n) is 2.91. The summed E-state index contributed by atoms with van der Waals surface area (Å²) >= 11 is 0. The van der Waals surface area contributed by atoms with Gasteiger partial charge in [-0.05, 0) is 0 Å². The molecule has 1 unspecified atom stereocenters. The van der Waals surface area contributed by atoms with Crippen molar-refractivity contribution in [3.8, 4) is 6.19 Å². The van der Waals surface area contributed by atoms with E-state index in [-0.39, 0.29) is 18.7 Å². The van der Waals surface area contributed by atoms with Gasteiger partial charge in [-0.1, -0.05) is 0 Å². The molecule has 0 amide bonds. The van der Waals surface area contributed by atoms with E-state index in [0.717, 1.165) is 0 Å². The summed E-state index contributed by atoms with van der Waals surface area (Å²) < 4.78 is 0. The van der Waals surface area contributed by atoms with E-state index in [1.165, 1.54) is 4.90 Å². The standard InChI is InChI=1S/C6H6N2O2/c7-4-8-2-6(10)1-5(8)3-9/h3,5H,1-2H2. The van der Waals surface area contributed by atoms with E-state index in [9.17, 15) is 9.59 Å². The van der Waals surface area contributed by atoms with E-state index in [0.29, 0.717) is 6.29 Å². The van der Waals surface area contributed by atoms with Crippen molar-refractivity contribution in [3.05, 3.63) is 0 Å². The quantitative estimate of drug-likeness (QED) is 0.355. The number of hydrogen-bond donors (Lipinski definition) is 0. The summed E-state index contributed by atoms with van der Waals surface area (Å²) in [6, 6.07) is -0.502. The summed E-state index contributed by atoms with van der Waals surface area (Å²) in [6.45, 7) is 0.0971. The van der Waals surface area contributed by atoms with Gasteiger partial charge >= 0.3 is 0 Å². The Morgan fingerprint density at radius 2 is 2.50 bits per heavy atom. The van der Waals surface area contributed by atoms with Crippen LogP contribution in [0.2, 0.25) is 0 Å². The minimum atomic E-state index is -0.502. The molecule has 0 aromatic heterocycles. The molecule has 0 bridgehead atoms. The maximum atomic E-state index is 10.6. The first-order chi connectivity index (χ1) is 4.77. The van der Waals surface area contributed by atoms with Crippen molar-refractivity contribution in [1.82, 2.24) is 4.90 Å². The predicted molar refractivity (Wildman–Crippen MR) is 31.8 cm³/mol. The van der Waals surface area contributed by atoms with Gasteiger partial charge in [-0.15, -0.1) is 0 Å². The second-order valence-electron chi connectivity index (χ2n) is 2.17. The number of aldehydes is 1. The predicted octanol–water partition coefficient (Wildman–Crippen LogP) is -0.690. The van der Waals surface area contributed by atoms with Crippen LogP contribution in [-0.4, -0.2) is 29.6 Å². The second-order valence-corrected chi connectivity index (χ2v) is 2.17. The number of likely N-dealkylation sites (tertiary alicyclic amines) is 1. The maximum absolute atomic E-state index is 10.6. The van der Waals surface area contributed by atoms with Crippen LogP contribution >= 0.6 is 0 Å². The van der Waals surface area contributed by atoms with Crippen LogP contribution in [0.4, 0.5) is 0 Å². The summed E-state index contributed by atoms with van der Waals surface area (Å²) in [5.41, 5.74) is 0. The van der Waals surface area contributed by atoms with Crippen molar-refractivity contribution in [3.63, 3.8) is 0 Å². The van der Waals surface area contributed by atoms with Crippen molar-refractivity contribution in [2.75, 3.05) is 6.54 Å². The smallest absolute Gasteiger partial charge is 0.180 e. The molecule has 10 heavy (non-hydrogen) atoms. The van der Waals surface area contributed by atoms with Crippen molar-refractivity contribution < 1.29 is 9.59 Å². The van der Waals surface area contributed by atoms with Gasteiger partial charge in [0.2, 0.25) is 0 Å². The molecular formula is C6H6N2O2. The number of nitriles is 1. The van der Waals surface area contributed by atoms with E-state index in [1.807, 2.05) is 0 Å². The Bertz CT molecular complexity index is 206. The number of ketones is 1. The fourth-order valence-corrected chi connectivity index (χ4v) is 0.946. The Labute approximate surface area is 58.0 Å². The summed E-state index contributed by atoms with van der Waals surface area (Å²) in [5, 5.41) is 8.35. The molecule has 1 fully saturated rings. The van der Waals surface area contributed by atoms with Crippen LogP contribution in [0.25, 0.3) is 0 Å². The van der Waals surface area contributed by atoms with Crippen LogP contribution in [0.3, 0.4) is 0 Å². The van der Waals surface area contributed by atoms with Gasteiger partial charge < -0.3 is 4.79 Å².